The quantitative estimate of drug-likeness (QED) is 0.192. The van der Waals surface area contributed by atoms with E-state index in [4.69, 9.17) is 16.3 Å². The first-order chi connectivity index (χ1) is 18.6. The van der Waals surface area contributed by atoms with E-state index >= 15 is 0 Å². The molecule has 2 heterocycles. The average Bonchev–Trinajstić information content (AvgIpc) is 3.25. The van der Waals surface area contributed by atoms with Crippen LogP contribution in [0.5, 0.6) is 11.5 Å². The number of nitro benzene ring substituents is 1. The van der Waals surface area contributed by atoms with E-state index in [-0.39, 0.29) is 34.4 Å². The van der Waals surface area contributed by atoms with Gasteiger partial charge in [-0.3, -0.25) is 14.9 Å². The van der Waals surface area contributed by atoms with Gasteiger partial charge in [0.15, 0.2) is 11.7 Å². The number of anilines is 2. The number of amides is 1. The highest BCUT2D eigenvalue weighted by molar-refractivity contribution is 6.36. The third-order valence-corrected chi connectivity index (χ3v) is 6.41. The van der Waals surface area contributed by atoms with Crippen molar-refractivity contribution in [2.24, 2.45) is 0 Å². The minimum absolute atomic E-state index is 0.0373. The van der Waals surface area contributed by atoms with Crippen LogP contribution in [0.1, 0.15) is 34.6 Å². The number of halogens is 4. The SMILES string of the molecule is O=C(Nc1cc(Oc2ccccc2)cc([N+](=O)[O-])c1)c1nn2c(c1Cl)NC(c1ccccc1)CC2C(F)(F)F. The molecule has 3 aromatic carbocycles. The highest BCUT2D eigenvalue weighted by atomic mass is 35.5. The van der Waals surface area contributed by atoms with E-state index in [1.807, 2.05) is 0 Å². The summed E-state index contributed by atoms with van der Waals surface area (Å²) in [5, 5.41) is 20.4. The molecule has 2 unspecified atom stereocenters. The Labute approximate surface area is 224 Å². The maximum atomic E-state index is 14.0. The van der Waals surface area contributed by atoms with Crippen molar-refractivity contribution in [1.29, 1.82) is 0 Å². The number of hydrogen-bond acceptors (Lipinski definition) is 6. The number of benzene rings is 3. The Morgan fingerprint density at radius 2 is 1.74 bits per heavy atom. The van der Waals surface area contributed by atoms with Crippen LogP contribution < -0.4 is 15.4 Å². The number of carbonyl (C=O) groups is 1. The molecule has 0 spiro atoms. The number of aromatic nitrogens is 2. The van der Waals surface area contributed by atoms with Gasteiger partial charge in [-0.2, -0.15) is 18.3 Å². The van der Waals surface area contributed by atoms with Crippen molar-refractivity contribution in [3.8, 4) is 11.5 Å². The second kappa shape index (κ2) is 10.3. The van der Waals surface area contributed by atoms with Crippen LogP contribution in [0.15, 0.2) is 78.9 Å². The Hall–Kier alpha value is -4.58. The minimum atomic E-state index is -4.67. The first-order valence-corrected chi connectivity index (χ1v) is 12.0. The Balaban J connectivity index is 1.46. The van der Waals surface area contributed by atoms with Crippen molar-refractivity contribution >= 4 is 34.7 Å². The zero-order chi connectivity index (χ0) is 27.7. The van der Waals surface area contributed by atoms with Crippen LogP contribution in [-0.2, 0) is 0 Å². The number of fused-ring (bicyclic) bond motifs is 1. The Morgan fingerprint density at radius 1 is 1.08 bits per heavy atom. The van der Waals surface area contributed by atoms with E-state index < -0.39 is 34.8 Å². The van der Waals surface area contributed by atoms with Gasteiger partial charge in [0.2, 0.25) is 0 Å². The lowest BCUT2D eigenvalue weighted by atomic mass is 9.97. The molecule has 9 nitrogen and oxygen atoms in total. The summed E-state index contributed by atoms with van der Waals surface area (Å²) in [6, 6.07) is 17.8. The number of nitrogens with one attached hydrogen (secondary N) is 2. The predicted molar refractivity (Wildman–Crippen MR) is 137 cm³/mol. The van der Waals surface area contributed by atoms with Gasteiger partial charge < -0.3 is 15.4 Å². The fourth-order valence-corrected chi connectivity index (χ4v) is 4.54. The largest absolute Gasteiger partial charge is 0.457 e. The van der Waals surface area contributed by atoms with Crippen molar-refractivity contribution < 1.29 is 27.6 Å². The van der Waals surface area contributed by atoms with Crippen LogP contribution >= 0.6 is 11.6 Å². The number of carbonyl (C=O) groups excluding carboxylic acids is 1. The smallest absolute Gasteiger partial charge is 0.410 e. The first kappa shape index (κ1) is 26.0. The van der Waals surface area contributed by atoms with E-state index in [1.165, 1.54) is 12.1 Å². The van der Waals surface area contributed by atoms with Gasteiger partial charge in [-0.15, -0.1) is 0 Å². The molecule has 1 amide bonds. The zero-order valence-corrected chi connectivity index (χ0v) is 20.6. The summed E-state index contributed by atoms with van der Waals surface area (Å²) in [6.45, 7) is 0. The average molecular weight is 558 g/mol. The molecule has 200 valence electrons. The molecule has 0 saturated carbocycles. The van der Waals surface area contributed by atoms with Gasteiger partial charge in [-0.05, 0) is 17.7 Å². The molecule has 4 aromatic rings. The molecule has 5 rings (SSSR count). The third kappa shape index (κ3) is 5.50. The number of para-hydroxylation sites is 1. The molecular weight excluding hydrogens is 539 g/mol. The van der Waals surface area contributed by atoms with Crippen molar-refractivity contribution in [2.45, 2.75) is 24.7 Å². The number of hydrogen-bond donors (Lipinski definition) is 2. The summed E-state index contributed by atoms with van der Waals surface area (Å²) < 4.78 is 48.4. The summed E-state index contributed by atoms with van der Waals surface area (Å²) in [7, 11) is 0. The predicted octanol–water partition coefficient (Wildman–Crippen LogP) is 7.15. The zero-order valence-electron chi connectivity index (χ0n) is 19.9. The van der Waals surface area contributed by atoms with E-state index in [1.54, 1.807) is 60.7 Å². The molecule has 2 N–H and O–H groups in total. The first-order valence-electron chi connectivity index (χ1n) is 11.6. The molecule has 39 heavy (non-hydrogen) atoms. The molecule has 0 saturated heterocycles. The highest BCUT2D eigenvalue weighted by Gasteiger charge is 2.47. The van der Waals surface area contributed by atoms with Crippen LogP contribution in [0.3, 0.4) is 0 Å². The van der Waals surface area contributed by atoms with Gasteiger partial charge in [0.05, 0.1) is 22.7 Å². The monoisotopic (exact) mass is 557 g/mol. The Kier molecular flexibility index (Phi) is 6.87. The summed E-state index contributed by atoms with van der Waals surface area (Å²) in [6.07, 6.45) is -5.04. The molecular formula is C26H19ClF3N5O4. The second-order valence-electron chi connectivity index (χ2n) is 8.70. The van der Waals surface area contributed by atoms with E-state index in [0.717, 1.165) is 6.07 Å². The number of nitro groups is 1. The molecule has 0 bridgehead atoms. The van der Waals surface area contributed by atoms with Crippen molar-refractivity contribution in [3.63, 3.8) is 0 Å². The van der Waals surface area contributed by atoms with Crippen LogP contribution in [0.2, 0.25) is 5.02 Å². The van der Waals surface area contributed by atoms with Crippen LogP contribution in [0.25, 0.3) is 0 Å². The van der Waals surface area contributed by atoms with Gasteiger partial charge in [0, 0.05) is 18.6 Å². The van der Waals surface area contributed by atoms with Gasteiger partial charge in [-0.1, -0.05) is 60.1 Å². The standard InChI is InChI=1S/C26H19ClF3N5O4/c27-22-23(33-34-21(26(28,29)30)14-20(32-24(22)34)15-7-3-1-4-8-15)25(36)31-16-11-17(35(37)38)13-19(12-16)39-18-9-5-2-6-10-18/h1-13,20-21,32H,14H2,(H,31,36). The normalized spacial score (nSPS) is 16.6. The topological polar surface area (TPSA) is 111 Å². The number of non-ortho nitro benzene ring substituents is 1. The fourth-order valence-electron chi connectivity index (χ4n) is 4.27. The van der Waals surface area contributed by atoms with Crippen molar-refractivity contribution in [3.05, 3.63) is 105 Å². The van der Waals surface area contributed by atoms with E-state index in [0.29, 0.717) is 16.0 Å². The molecule has 2 atom stereocenters. The number of alkyl halides is 3. The summed E-state index contributed by atoms with van der Waals surface area (Å²) in [4.78, 5) is 23.9. The number of rotatable bonds is 6. The molecule has 13 heteroatoms. The van der Waals surface area contributed by atoms with E-state index in [9.17, 15) is 28.1 Å². The maximum absolute atomic E-state index is 14.0. The lowest BCUT2D eigenvalue weighted by molar-refractivity contribution is -0.384. The summed E-state index contributed by atoms with van der Waals surface area (Å²) in [5.41, 5.74) is -0.272. The van der Waals surface area contributed by atoms with Gasteiger partial charge in [-0.25, -0.2) is 4.68 Å². The van der Waals surface area contributed by atoms with Crippen LogP contribution in [0.4, 0.5) is 30.4 Å². The Bertz CT molecular complexity index is 1530. The summed E-state index contributed by atoms with van der Waals surface area (Å²) in [5.74, 6) is -0.647. The number of nitrogens with zero attached hydrogens (tertiary/aromatic N) is 3. The fraction of sp³-hybridized carbons (Fsp3) is 0.154. The van der Waals surface area contributed by atoms with Gasteiger partial charge in [0.1, 0.15) is 22.3 Å². The molecule has 1 aliphatic rings. The van der Waals surface area contributed by atoms with E-state index in [2.05, 4.69) is 15.7 Å². The number of ether oxygens (including phenoxy) is 1. The van der Waals surface area contributed by atoms with Crippen molar-refractivity contribution in [1.82, 2.24) is 9.78 Å². The van der Waals surface area contributed by atoms with Gasteiger partial charge in [0.25, 0.3) is 11.6 Å². The molecule has 0 fully saturated rings. The van der Waals surface area contributed by atoms with Crippen LogP contribution in [0, 0.1) is 10.1 Å². The summed E-state index contributed by atoms with van der Waals surface area (Å²) >= 11 is 6.38. The maximum Gasteiger partial charge on any atom is 0.410 e. The molecule has 0 radical (unpaired) electrons. The van der Waals surface area contributed by atoms with Crippen LogP contribution in [-0.4, -0.2) is 26.8 Å². The highest BCUT2D eigenvalue weighted by Crippen LogP contribution is 2.46. The minimum Gasteiger partial charge on any atom is -0.457 e. The Morgan fingerprint density at radius 3 is 2.38 bits per heavy atom. The molecule has 1 aromatic heterocycles. The van der Waals surface area contributed by atoms with Crippen molar-refractivity contribution in [2.75, 3.05) is 10.6 Å². The lowest BCUT2D eigenvalue weighted by Gasteiger charge is -2.33. The molecule has 1 aliphatic heterocycles. The lowest BCUT2D eigenvalue weighted by Crippen LogP contribution is -2.35. The van der Waals surface area contributed by atoms with Gasteiger partial charge >= 0.3 is 6.18 Å². The third-order valence-electron chi connectivity index (χ3n) is 6.05. The molecule has 0 aliphatic carbocycles. The second-order valence-corrected chi connectivity index (χ2v) is 9.08.